The van der Waals surface area contributed by atoms with Gasteiger partial charge in [0.05, 0.1) is 11.4 Å². The van der Waals surface area contributed by atoms with Crippen molar-refractivity contribution >= 4 is 26.5 Å². The molecule has 24 heavy (non-hydrogen) atoms. The summed E-state index contributed by atoms with van der Waals surface area (Å²) >= 11 is 0. The maximum atomic E-state index is 12.2. The van der Waals surface area contributed by atoms with E-state index in [9.17, 15) is 8.42 Å². The second-order valence-electron chi connectivity index (χ2n) is 5.79. The summed E-state index contributed by atoms with van der Waals surface area (Å²) in [5, 5.41) is 2.08. The number of para-hydroxylation sites is 2. The van der Waals surface area contributed by atoms with E-state index in [1.165, 1.54) is 4.31 Å². The first kappa shape index (κ1) is 15.0. The zero-order chi connectivity index (χ0) is 16.6. The maximum absolute atomic E-state index is 12.2. The predicted molar refractivity (Wildman–Crippen MR) is 96.2 cm³/mol. The molecule has 0 bridgehead atoms. The highest BCUT2D eigenvalue weighted by atomic mass is 32.2. The quantitative estimate of drug-likeness (QED) is 0.719. The Balaban J connectivity index is 1.78. The second kappa shape index (κ2) is 5.83. The normalized spacial score (nSPS) is 16.4. The molecular formula is C19H17NO3S. The molecule has 0 radical (unpaired) electrons. The highest BCUT2D eigenvalue weighted by Gasteiger charge is 2.30. The Labute approximate surface area is 141 Å². The third-order valence-corrected chi connectivity index (χ3v) is 6.06. The SMILES string of the molecule is O=S1(=O)CCCN1c1ccccc1Oc1cccc2ccccc12. The van der Waals surface area contributed by atoms with Crippen molar-refractivity contribution in [3.05, 3.63) is 66.7 Å². The summed E-state index contributed by atoms with van der Waals surface area (Å²) in [6.45, 7) is 0.498. The smallest absolute Gasteiger partial charge is 0.235 e. The van der Waals surface area contributed by atoms with Gasteiger partial charge < -0.3 is 4.74 Å². The number of nitrogens with zero attached hydrogens (tertiary/aromatic N) is 1. The molecular weight excluding hydrogens is 322 g/mol. The molecule has 0 unspecified atom stereocenters. The molecule has 0 saturated carbocycles. The lowest BCUT2D eigenvalue weighted by molar-refractivity contribution is 0.488. The molecule has 4 nitrogen and oxygen atoms in total. The second-order valence-corrected chi connectivity index (χ2v) is 7.80. The van der Waals surface area contributed by atoms with E-state index in [2.05, 4.69) is 0 Å². The molecule has 1 aliphatic rings. The van der Waals surface area contributed by atoms with Gasteiger partial charge in [-0.1, -0.05) is 48.5 Å². The van der Waals surface area contributed by atoms with E-state index in [0.717, 1.165) is 16.5 Å². The maximum Gasteiger partial charge on any atom is 0.235 e. The summed E-state index contributed by atoms with van der Waals surface area (Å²) in [7, 11) is -3.24. The first-order valence-electron chi connectivity index (χ1n) is 7.90. The third kappa shape index (κ3) is 2.61. The Morgan fingerprint density at radius 2 is 1.54 bits per heavy atom. The lowest BCUT2D eigenvalue weighted by atomic mass is 10.1. The largest absolute Gasteiger partial charge is 0.455 e. The number of ether oxygens (including phenoxy) is 1. The zero-order valence-corrected chi connectivity index (χ0v) is 13.9. The van der Waals surface area contributed by atoms with Gasteiger partial charge in [0.25, 0.3) is 0 Å². The van der Waals surface area contributed by atoms with Gasteiger partial charge >= 0.3 is 0 Å². The van der Waals surface area contributed by atoms with Crippen molar-refractivity contribution < 1.29 is 13.2 Å². The lowest BCUT2D eigenvalue weighted by Gasteiger charge is -2.20. The van der Waals surface area contributed by atoms with Gasteiger partial charge in [0.2, 0.25) is 10.0 Å². The van der Waals surface area contributed by atoms with Crippen LogP contribution in [0.2, 0.25) is 0 Å². The van der Waals surface area contributed by atoms with Gasteiger partial charge in [0, 0.05) is 11.9 Å². The van der Waals surface area contributed by atoms with Crippen LogP contribution >= 0.6 is 0 Å². The van der Waals surface area contributed by atoms with E-state index >= 15 is 0 Å². The van der Waals surface area contributed by atoms with Crippen LogP contribution in [0.4, 0.5) is 5.69 Å². The number of fused-ring (bicyclic) bond motifs is 1. The monoisotopic (exact) mass is 339 g/mol. The number of hydrogen-bond donors (Lipinski definition) is 0. The van der Waals surface area contributed by atoms with Crippen molar-refractivity contribution in [2.75, 3.05) is 16.6 Å². The van der Waals surface area contributed by atoms with Crippen LogP contribution in [-0.4, -0.2) is 20.7 Å². The molecule has 0 spiro atoms. The molecule has 0 atom stereocenters. The fourth-order valence-corrected chi connectivity index (χ4v) is 4.63. The Hall–Kier alpha value is -2.53. The summed E-state index contributed by atoms with van der Waals surface area (Å²) in [6, 6.07) is 21.1. The molecule has 4 rings (SSSR count). The number of hydrogen-bond acceptors (Lipinski definition) is 3. The van der Waals surface area contributed by atoms with Crippen molar-refractivity contribution in [2.24, 2.45) is 0 Å². The van der Waals surface area contributed by atoms with Crippen LogP contribution < -0.4 is 9.04 Å². The fourth-order valence-electron chi connectivity index (χ4n) is 3.06. The molecule has 122 valence electrons. The van der Waals surface area contributed by atoms with Gasteiger partial charge in [-0.3, -0.25) is 4.31 Å². The molecule has 0 amide bonds. The number of benzene rings is 3. The standard InChI is InChI=1S/C19H17NO3S/c21-24(22)14-6-13-20(24)17-10-3-4-11-19(17)23-18-12-5-8-15-7-1-2-9-16(15)18/h1-5,7-12H,6,13-14H2. The van der Waals surface area contributed by atoms with Crippen LogP contribution in [0, 0.1) is 0 Å². The molecule has 3 aromatic carbocycles. The molecule has 0 aliphatic carbocycles. The number of anilines is 1. The topological polar surface area (TPSA) is 46.6 Å². The van der Waals surface area contributed by atoms with Crippen LogP contribution in [0.25, 0.3) is 10.8 Å². The van der Waals surface area contributed by atoms with Crippen LogP contribution in [0.3, 0.4) is 0 Å². The van der Waals surface area contributed by atoms with Crippen molar-refractivity contribution in [3.8, 4) is 11.5 Å². The van der Waals surface area contributed by atoms with E-state index in [-0.39, 0.29) is 5.75 Å². The van der Waals surface area contributed by atoms with Gasteiger partial charge in [-0.25, -0.2) is 8.42 Å². The Kier molecular flexibility index (Phi) is 3.65. The van der Waals surface area contributed by atoms with Crippen LogP contribution in [0.15, 0.2) is 66.7 Å². The number of sulfonamides is 1. The summed E-state index contributed by atoms with van der Waals surface area (Å²) in [4.78, 5) is 0. The summed E-state index contributed by atoms with van der Waals surface area (Å²) in [5.74, 6) is 1.46. The summed E-state index contributed by atoms with van der Waals surface area (Å²) < 4.78 is 32.1. The third-order valence-electron chi connectivity index (χ3n) is 4.20. The minimum absolute atomic E-state index is 0.190. The fraction of sp³-hybridized carbons (Fsp3) is 0.158. The lowest BCUT2D eigenvalue weighted by Crippen LogP contribution is -2.25. The highest BCUT2D eigenvalue weighted by molar-refractivity contribution is 7.93. The molecule has 1 heterocycles. The van der Waals surface area contributed by atoms with Gasteiger partial charge in [-0.05, 0) is 30.0 Å². The van der Waals surface area contributed by atoms with Crippen molar-refractivity contribution in [1.82, 2.24) is 0 Å². The van der Waals surface area contributed by atoms with Gasteiger partial charge in [-0.15, -0.1) is 0 Å². The van der Waals surface area contributed by atoms with Gasteiger partial charge in [0.1, 0.15) is 5.75 Å². The van der Waals surface area contributed by atoms with Crippen molar-refractivity contribution in [3.63, 3.8) is 0 Å². The average Bonchev–Trinajstić information content (AvgIpc) is 2.95. The Bertz CT molecular complexity index is 993. The van der Waals surface area contributed by atoms with E-state index in [1.54, 1.807) is 6.07 Å². The molecule has 1 aliphatic heterocycles. The molecule has 3 aromatic rings. The average molecular weight is 339 g/mol. The molecule has 1 saturated heterocycles. The Morgan fingerprint density at radius 3 is 2.38 bits per heavy atom. The minimum atomic E-state index is -3.24. The number of rotatable bonds is 3. The predicted octanol–water partition coefficient (Wildman–Crippen LogP) is 4.17. The minimum Gasteiger partial charge on any atom is -0.455 e. The van der Waals surface area contributed by atoms with Gasteiger partial charge in [-0.2, -0.15) is 0 Å². The van der Waals surface area contributed by atoms with Crippen molar-refractivity contribution in [1.29, 1.82) is 0 Å². The van der Waals surface area contributed by atoms with Crippen LogP contribution in [0.1, 0.15) is 6.42 Å². The highest BCUT2D eigenvalue weighted by Crippen LogP contribution is 2.37. The van der Waals surface area contributed by atoms with E-state index in [4.69, 9.17) is 4.74 Å². The molecule has 5 heteroatoms. The summed E-state index contributed by atoms with van der Waals surface area (Å²) in [6.07, 6.45) is 0.644. The van der Waals surface area contributed by atoms with Crippen LogP contribution in [0.5, 0.6) is 11.5 Å². The first-order valence-corrected chi connectivity index (χ1v) is 9.51. The van der Waals surface area contributed by atoms with E-state index in [0.29, 0.717) is 24.4 Å². The summed E-state index contributed by atoms with van der Waals surface area (Å²) in [5.41, 5.74) is 0.600. The first-order chi connectivity index (χ1) is 11.6. The van der Waals surface area contributed by atoms with E-state index in [1.807, 2.05) is 60.7 Å². The van der Waals surface area contributed by atoms with E-state index < -0.39 is 10.0 Å². The van der Waals surface area contributed by atoms with Crippen molar-refractivity contribution in [2.45, 2.75) is 6.42 Å². The van der Waals surface area contributed by atoms with Gasteiger partial charge in [0.15, 0.2) is 5.75 Å². The zero-order valence-electron chi connectivity index (χ0n) is 13.1. The Morgan fingerprint density at radius 1 is 0.833 bits per heavy atom. The molecule has 1 fully saturated rings. The molecule has 0 aromatic heterocycles. The van der Waals surface area contributed by atoms with Crippen LogP contribution in [-0.2, 0) is 10.0 Å². The molecule has 0 N–H and O–H groups in total.